The number of hydrogen-bond donors (Lipinski definition) is 3. The molecule has 0 spiro atoms. The van der Waals surface area contributed by atoms with Crippen molar-refractivity contribution in [2.45, 2.75) is 39.3 Å². The third-order valence-corrected chi connectivity index (χ3v) is 3.76. The van der Waals surface area contributed by atoms with Crippen LogP contribution in [0, 0.1) is 5.92 Å². The van der Waals surface area contributed by atoms with Crippen molar-refractivity contribution in [3.8, 4) is 0 Å². The van der Waals surface area contributed by atoms with Crippen LogP contribution in [0.3, 0.4) is 0 Å². The van der Waals surface area contributed by atoms with Crippen LogP contribution in [-0.2, 0) is 9.59 Å². The smallest absolute Gasteiger partial charge is 0.326 e. The van der Waals surface area contributed by atoms with Crippen LogP contribution < -0.4 is 10.6 Å². The fraction of sp³-hybridized carbons (Fsp3) is 0.467. The van der Waals surface area contributed by atoms with Gasteiger partial charge in [0.05, 0.1) is 10.0 Å². The molecular weight excluding hydrogens is 327 g/mol. The van der Waals surface area contributed by atoms with Gasteiger partial charge in [-0.3, -0.25) is 4.79 Å². The summed E-state index contributed by atoms with van der Waals surface area (Å²) in [4.78, 5) is 23.3. The van der Waals surface area contributed by atoms with Crippen LogP contribution in [0.4, 0.5) is 5.69 Å². The van der Waals surface area contributed by atoms with Crippen molar-refractivity contribution in [2.75, 3.05) is 5.32 Å². The number of nitrogens with one attached hydrogen (secondary N) is 2. The SMILES string of the molecule is CC(C)C[C@H](NC(=O)[C@H](C)Nc1ccc(Cl)c(Cl)c1)C(=O)O. The first-order valence-electron chi connectivity index (χ1n) is 6.95. The standard InChI is InChI=1S/C15H20Cl2N2O3/c1-8(2)6-13(15(21)22)19-14(20)9(3)18-10-4-5-11(16)12(17)7-10/h4-5,7-9,13,18H,6H2,1-3H3,(H,19,20)(H,21,22)/t9-,13-/m0/s1. The minimum atomic E-state index is -1.04. The van der Waals surface area contributed by atoms with E-state index in [2.05, 4.69) is 10.6 Å². The number of hydrogen-bond acceptors (Lipinski definition) is 3. The van der Waals surface area contributed by atoms with Gasteiger partial charge in [-0.2, -0.15) is 0 Å². The van der Waals surface area contributed by atoms with Gasteiger partial charge in [-0.05, 0) is 37.5 Å². The number of amides is 1. The molecule has 122 valence electrons. The highest BCUT2D eigenvalue weighted by Crippen LogP contribution is 2.25. The highest BCUT2D eigenvalue weighted by Gasteiger charge is 2.23. The first-order chi connectivity index (χ1) is 10.2. The molecule has 0 aliphatic carbocycles. The maximum Gasteiger partial charge on any atom is 0.326 e. The number of benzene rings is 1. The van der Waals surface area contributed by atoms with E-state index in [-0.39, 0.29) is 11.8 Å². The summed E-state index contributed by atoms with van der Waals surface area (Å²) in [5.41, 5.74) is 0.632. The largest absolute Gasteiger partial charge is 0.480 e. The second-order valence-corrected chi connectivity index (χ2v) is 6.34. The average molecular weight is 347 g/mol. The predicted molar refractivity (Wildman–Crippen MR) is 88.6 cm³/mol. The second kappa shape index (κ2) is 8.25. The number of carboxylic acids is 1. The molecular formula is C15H20Cl2N2O3. The van der Waals surface area contributed by atoms with Gasteiger partial charge in [0.25, 0.3) is 0 Å². The number of carboxylic acid groups (broad SMARTS) is 1. The minimum absolute atomic E-state index is 0.166. The topological polar surface area (TPSA) is 78.4 Å². The van der Waals surface area contributed by atoms with Gasteiger partial charge in [0, 0.05) is 5.69 Å². The molecule has 3 N–H and O–H groups in total. The van der Waals surface area contributed by atoms with E-state index in [1.807, 2.05) is 13.8 Å². The molecule has 0 saturated carbocycles. The Bertz CT molecular complexity index is 550. The minimum Gasteiger partial charge on any atom is -0.480 e. The van der Waals surface area contributed by atoms with Crippen LogP contribution in [0.2, 0.25) is 10.0 Å². The molecule has 0 aliphatic heterocycles. The molecule has 0 fully saturated rings. The summed E-state index contributed by atoms with van der Waals surface area (Å²) in [6, 6.07) is 3.42. The summed E-state index contributed by atoms with van der Waals surface area (Å²) < 4.78 is 0. The Hall–Kier alpha value is -1.46. The molecule has 0 aromatic heterocycles. The van der Waals surface area contributed by atoms with E-state index < -0.39 is 18.1 Å². The molecule has 1 aromatic rings. The van der Waals surface area contributed by atoms with Gasteiger partial charge in [0.1, 0.15) is 12.1 Å². The highest BCUT2D eigenvalue weighted by molar-refractivity contribution is 6.42. The van der Waals surface area contributed by atoms with Crippen LogP contribution in [0.1, 0.15) is 27.2 Å². The maximum absolute atomic E-state index is 12.1. The first kappa shape index (κ1) is 18.6. The van der Waals surface area contributed by atoms with Crippen LogP contribution in [-0.4, -0.2) is 29.1 Å². The predicted octanol–water partition coefficient (Wildman–Crippen LogP) is 3.41. The van der Waals surface area contributed by atoms with Crippen molar-refractivity contribution in [1.82, 2.24) is 5.32 Å². The van der Waals surface area contributed by atoms with Crippen molar-refractivity contribution in [3.63, 3.8) is 0 Å². The van der Waals surface area contributed by atoms with E-state index >= 15 is 0 Å². The Kier molecular flexibility index (Phi) is 6.97. The summed E-state index contributed by atoms with van der Waals surface area (Å²) in [5, 5.41) is 15.4. The van der Waals surface area contributed by atoms with Crippen LogP contribution in [0.15, 0.2) is 18.2 Å². The van der Waals surface area contributed by atoms with Crippen molar-refractivity contribution < 1.29 is 14.7 Å². The van der Waals surface area contributed by atoms with Gasteiger partial charge < -0.3 is 15.7 Å². The molecule has 0 saturated heterocycles. The lowest BCUT2D eigenvalue weighted by molar-refractivity contribution is -0.142. The highest BCUT2D eigenvalue weighted by atomic mass is 35.5. The molecule has 0 unspecified atom stereocenters. The van der Waals surface area contributed by atoms with E-state index in [4.69, 9.17) is 28.3 Å². The van der Waals surface area contributed by atoms with Gasteiger partial charge in [-0.25, -0.2) is 4.79 Å². The van der Waals surface area contributed by atoms with Gasteiger partial charge in [-0.1, -0.05) is 37.0 Å². The van der Waals surface area contributed by atoms with Crippen LogP contribution >= 0.6 is 23.2 Å². The lowest BCUT2D eigenvalue weighted by Crippen LogP contribution is -2.47. The molecule has 0 heterocycles. The Labute approximate surface area is 140 Å². The third-order valence-electron chi connectivity index (χ3n) is 3.02. The molecule has 7 heteroatoms. The molecule has 22 heavy (non-hydrogen) atoms. The van der Waals surface area contributed by atoms with Gasteiger partial charge >= 0.3 is 5.97 Å². The zero-order valence-corrected chi connectivity index (χ0v) is 14.2. The number of aliphatic carboxylic acids is 1. The number of halogens is 2. The lowest BCUT2D eigenvalue weighted by atomic mass is 10.0. The molecule has 1 amide bonds. The second-order valence-electron chi connectivity index (χ2n) is 5.52. The molecule has 0 aliphatic rings. The fourth-order valence-corrected chi connectivity index (χ4v) is 2.19. The Morgan fingerprint density at radius 3 is 2.32 bits per heavy atom. The molecule has 0 radical (unpaired) electrons. The van der Waals surface area contributed by atoms with E-state index in [0.717, 1.165) is 0 Å². The van der Waals surface area contributed by atoms with Gasteiger partial charge in [0.2, 0.25) is 5.91 Å². The van der Waals surface area contributed by atoms with Gasteiger partial charge in [-0.15, -0.1) is 0 Å². The number of carbonyl (C=O) groups is 2. The summed E-state index contributed by atoms with van der Waals surface area (Å²) >= 11 is 11.7. The monoisotopic (exact) mass is 346 g/mol. The Balaban J connectivity index is 2.67. The van der Waals surface area contributed by atoms with Crippen molar-refractivity contribution in [3.05, 3.63) is 28.2 Å². The van der Waals surface area contributed by atoms with E-state index in [1.165, 1.54) is 0 Å². The molecule has 0 bridgehead atoms. The zero-order valence-electron chi connectivity index (χ0n) is 12.7. The van der Waals surface area contributed by atoms with E-state index in [9.17, 15) is 9.59 Å². The molecule has 1 aromatic carbocycles. The van der Waals surface area contributed by atoms with E-state index in [0.29, 0.717) is 22.2 Å². The van der Waals surface area contributed by atoms with Crippen molar-refractivity contribution in [2.24, 2.45) is 5.92 Å². The summed E-state index contributed by atoms with van der Waals surface area (Å²) in [5.74, 6) is -1.26. The third kappa shape index (κ3) is 5.73. The summed E-state index contributed by atoms with van der Waals surface area (Å²) in [6.45, 7) is 5.45. The Morgan fingerprint density at radius 1 is 1.18 bits per heavy atom. The Morgan fingerprint density at radius 2 is 1.82 bits per heavy atom. The van der Waals surface area contributed by atoms with Crippen LogP contribution in [0.5, 0.6) is 0 Å². The zero-order chi connectivity index (χ0) is 16.9. The molecule has 5 nitrogen and oxygen atoms in total. The summed E-state index contributed by atoms with van der Waals surface area (Å²) in [6.07, 6.45) is 0.376. The summed E-state index contributed by atoms with van der Waals surface area (Å²) in [7, 11) is 0. The molecule has 1 rings (SSSR count). The van der Waals surface area contributed by atoms with Crippen LogP contribution in [0.25, 0.3) is 0 Å². The van der Waals surface area contributed by atoms with Gasteiger partial charge in [0.15, 0.2) is 0 Å². The van der Waals surface area contributed by atoms with Crippen molar-refractivity contribution >= 4 is 40.8 Å². The molecule has 2 atom stereocenters. The normalized spacial score (nSPS) is 13.5. The quantitative estimate of drug-likeness (QED) is 0.706. The lowest BCUT2D eigenvalue weighted by Gasteiger charge is -2.20. The number of carbonyl (C=O) groups excluding carboxylic acids is 1. The maximum atomic E-state index is 12.1. The fourth-order valence-electron chi connectivity index (χ4n) is 1.89. The van der Waals surface area contributed by atoms with E-state index in [1.54, 1.807) is 25.1 Å². The number of rotatable bonds is 7. The number of anilines is 1. The van der Waals surface area contributed by atoms with Crippen molar-refractivity contribution in [1.29, 1.82) is 0 Å². The average Bonchev–Trinajstić information content (AvgIpc) is 2.41. The first-order valence-corrected chi connectivity index (χ1v) is 7.71.